The second kappa shape index (κ2) is 15.2. The highest BCUT2D eigenvalue weighted by Crippen LogP contribution is 2.05. The van der Waals surface area contributed by atoms with Gasteiger partial charge in [0, 0.05) is 44.1 Å². The molecule has 0 aromatic carbocycles. The fourth-order valence-corrected chi connectivity index (χ4v) is 1.57. The topological polar surface area (TPSA) is 71.1 Å². The first kappa shape index (κ1) is 21.3. The molecule has 132 valence electrons. The lowest BCUT2D eigenvalue weighted by Gasteiger charge is -2.15. The average Bonchev–Trinajstić information content (AvgIpc) is 2.58. The Balaban J connectivity index is 3.48. The van der Waals surface area contributed by atoms with E-state index in [0.717, 1.165) is 18.6 Å². The number of ether oxygens (including phenoxy) is 4. The Labute approximate surface area is 138 Å². The van der Waals surface area contributed by atoms with Gasteiger partial charge in [0.25, 0.3) is 0 Å². The van der Waals surface area contributed by atoms with Gasteiger partial charge in [-0.05, 0) is 6.42 Å². The summed E-state index contributed by atoms with van der Waals surface area (Å²) in [5.74, 6) is -0.506. The molecule has 0 saturated heterocycles. The zero-order chi connectivity index (χ0) is 17.3. The second-order valence-electron chi connectivity index (χ2n) is 4.87. The summed E-state index contributed by atoms with van der Waals surface area (Å²) in [5, 5.41) is 0. The molecular formula is C17H28O6. The van der Waals surface area contributed by atoms with Crippen molar-refractivity contribution in [3.63, 3.8) is 0 Å². The molecule has 23 heavy (non-hydrogen) atoms. The van der Waals surface area contributed by atoms with Crippen LogP contribution < -0.4 is 0 Å². The molecule has 0 heterocycles. The summed E-state index contributed by atoms with van der Waals surface area (Å²) in [4.78, 5) is 21.6. The van der Waals surface area contributed by atoms with Gasteiger partial charge in [0.05, 0.1) is 26.4 Å². The first-order valence-electron chi connectivity index (χ1n) is 7.87. The van der Waals surface area contributed by atoms with Gasteiger partial charge >= 0.3 is 11.9 Å². The molecule has 0 aliphatic heterocycles. The lowest BCUT2D eigenvalue weighted by Crippen LogP contribution is -2.17. The van der Waals surface area contributed by atoms with E-state index in [0.29, 0.717) is 58.4 Å². The lowest BCUT2D eigenvalue weighted by molar-refractivity contribution is -0.139. The summed E-state index contributed by atoms with van der Waals surface area (Å²) in [6.07, 6.45) is 4.56. The number of esters is 2. The van der Waals surface area contributed by atoms with Crippen LogP contribution in [-0.2, 0) is 28.5 Å². The largest absolute Gasteiger partial charge is 0.462 e. The molecule has 0 rings (SSSR count). The summed E-state index contributed by atoms with van der Waals surface area (Å²) in [5.41, 5.74) is 0. The standard InChI is InChI=1S/C17H28O6/c1-4-15(13-20-9-7-11-22-16(18)5-2)14-21-10-8-12-23-17(19)6-3/h5-6,15H,2-4,7-14H2,1H3. The van der Waals surface area contributed by atoms with E-state index in [2.05, 4.69) is 20.1 Å². The minimum atomic E-state index is -0.413. The summed E-state index contributed by atoms with van der Waals surface area (Å²) >= 11 is 0. The van der Waals surface area contributed by atoms with Gasteiger partial charge in [0.15, 0.2) is 0 Å². The van der Waals surface area contributed by atoms with Gasteiger partial charge in [-0.2, -0.15) is 0 Å². The predicted octanol–water partition coefficient (Wildman–Crippen LogP) is 2.28. The molecule has 0 N–H and O–H groups in total. The molecule has 0 aromatic rings. The molecule has 0 spiro atoms. The van der Waals surface area contributed by atoms with Gasteiger partial charge in [-0.1, -0.05) is 20.1 Å². The van der Waals surface area contributed by atoms with Crippen LogP contribution in [0.1, 0.15) is 26.2 Å². The summed E-state index contributed by atoms with van der Waals surface area (Å²) in [6, 6.07) is 0. The van der Waals surface area contributed by atoms with Crippen LogP contribution in [0.3, 0.4) is 0 Å². The molecule has 0 unspecified atom stereocenters. The molecule has 0 atom stereocenters. The maximum absolute atomic E-state index is 10.8. The smallest absolute Gasteiger partial charge is 0.330 e. The van der Waals surface area contributed by atoms with E-state index in [1.807, 2.05) is 0 Å². The quantitative estimate of drug-likeness (QED) is 0.261. The van der Waals surface area contributed by atoms with Gasteiger partial charge < -0.3 is 18.9 Å². The number of rotatable bonds is 15. The van der Waals surface area contributed by atoms with Crippen molar-refractivity contribution in [2.45, 2.75) is 26.2 Å². The molecular weight excluding hydrogens is 300 g/mol. The molecule has 0 aromatic heterocycles. The van der Waals surface area contributed by atoms with Crippen molar-refractivity contribution in [2.75, 3.05) is 39.6 Å². The van der Waals surface area contributed by atoms with E-state index in [4.69, 9.17) is 18.9 Å². The molecule has 6 nitrogen and oxygen atoms in total. The van der Waals surface area contributed by atoms with Crippen LogP contribution in [-0.4, -0.2) is 51.6 Å². The Morgan fingerprint density at radius 1 is 0.870 bits per heavy atom. The van der Waals surface area contributed by atoms with Crippen molar-refractivity contribution in [3.05, 3.63) is 25.3 Å². The van der Waals surface area contributed by atoms with Crippen LogP contribution in [0, 0.1) is 5.92 Å². The Hall–Kier alpha value is -1.66. The molecule has 6 heteroatoms. The van der Waals surface area contributed by atoms with E-state index in [1.54, 1.807) is 0 Å². The van der Waals surface area contributed by atoms with Crippen molar-refractivity contribution < 1.29 is 28.5 Å². The first-order chi connectivity index (χ1) is 11.1. The molecule has 0 aliphatic rings. The van der Waals surface area contributed by atoms with Crippen molar-refractivity contribution in [2.24, 2.45) is 5.92 Å². The Morgan fingerprint density at radius 3 is 1.65 bits per heavy atom. The summed E-state index contributed by atoms with van der Waals surface area (Å²) in [6.45, 7) is 11.7. The van der Waals surface area contributed by atoms with E-state index in [9.17, 15) is 9.59 Å². The maximum Gasteiger partial charge on any atom is 0.330 e. The fourth-order valence-electron chi connectivity index (χ4n) is 1.57. The minimum Gasteiger partial charge on any atom is -0.462 e. The third kappa shape index (κ3) is 13.7. The van der Waals surface area contributed by atoms with Crippen molar-refractivity contribution in [1.29, 1.82) is 0 Å². The average molecular weight is 328 g/mol. The third-order valence-corrected chi connectivity index (χ3v) is 2.97. The van der Waals surface area contributed by atoms with Gasteiger partial charge in [-0.3, -0.25) is 0 Å². The van der Waals surface area contributed by atoms with E-state index < -0.39 is 11.9 Å². The number of carbonyl (C=O) groups is 2. The highest BCUT2D eigenvalue weighted by molar-refractivity contribution is 5.81. The van der Waals surface area contributed by atoms with Gasteiger partial charge in [-0.15, -0.1) is 0 Å². The Morgan fingerprint density at radius 2 is 1.30 bits per heavy atom. The number of hydrogen-bond donors (Lipinski definition) is 0. The zero-order valence-corrected chi connectivity index (χ0v) is 14.0. The monoisotopic (exact) mass is 328 g/mol. The van der Waals surface area contributed by atoms with Crippen LogP contribution in [0.2, 0.25) is 0 Å². The number of carbonyl (C=O) groups excluding carboxylic acids is 2. The predicted molar refractivity (Wildman–Crippen MR) is 87.0 cm³/mol. The first-order valence-corrected chi connectivity index (χ1v) is 7.87. The van der Waals surface area contributed by atoms with Gasteiger partial charge in [-0.25, -0.2) is 9.59 Å². The second-order valence-corrected chi connectivity index (χ2v) is 4.87. The van der Waals surface area contributed by atoms with Crippen molar-refractivity contribution >= 4 is 11.9 Å². The van der Waals surface area contributed by atoms with Gasteiger partial charge in [0.2, 0.25) is 0 Å². The van der Waals surface area contributed by atoms with Crippen molar-refractivity contribution in [3.8, 4) is 0 Å². The fraction of sp³-hybridized carbons (Fsp3) is 0.647. The Kier molecular flexibility index (Phi) is 14.1. The normalized spacial score (nSPS) is 10.3. The van der Waals surface area contributed by atoms with Gasteiger partial charge in [0.1, 0.15) is 0 Å². The van der Waals surface area contributed by atoms with Crippen LogP contribution in [0.25, 0.3) is 0 Å². The van der Waals surface area contributed by atoms with Crippen molar-refractivity contribution in [1.82, 2.24) is 0 Å². The molecule has 0 aliphatic carbocycles. The molecule has 0 bridgehead atoms. The van der Waals surface area contributed by atoms with Crippen LogP contribution >= 0.6 is 0 Å². The highest BCUT2D eigenvalue weighted by Gasteiger charge is 2.07. The van der Waals surface area contributed by atoms with E-state index in [1.165, 1.54) is 0 Å². The molecule has 0 amide bonds. The Bertz CT molecular complexity index is 321. The van der Waals surface area contributed by atoms with Crippen LogP contribution in [0.15, 0.2) is 25.3 Å². The third-order valence-electron chi connectivity index (χ3n) is 2.97. The van der Waals surface area contributed by atoms with Crippen LogP contribution in [0.5, 0.6) is 0 Å². The van der Waals surface area contributed by atoms with E-state index >= 15 is 0 Å². The minimum absolute atomic E-state index is 0.321. The molecule has 0 saturated carbocycles. The van der Waals surface area contributed by atoms with E-state index in [-0.39, 0.29) is 0 Å². The SMILES string of the molecule is C=CC(=O)OCCCOCC(CC)COCCCOC(=O)C=C. The molecule has 0 fully saturated rings. The highest BCUT2D eigenvalue weighted by atomic mass is 16.5. The number of hydrogen-bond acceptors (Lipinski definition) is 6. The maximum atomic E-state index is 10.8. The summed E-state index contributed by atoms with van der Waals surface area (Å²) in [7, 11) is 0. The lowest BCUT2D eigenvalue weighted by atomic mass is 10.1. The zero-order valence-electron chi connectivity index (χ0n) is 14.0. The molecule has 0 radical (unpaired) electrons. The summed E-state index contributed by atoms with van der Waals surface area (Å²) < 4.78 is 20.8. The van der Waals surface area contributed by atoms with Crippen LogP contribution in [0.4, 0.5) is 0 Å².